The minimum absolute atomic E-state index is 0.230. The second kappa shape index (κ2) is 7.31. The van der Waals surface area contributed by atoms with Gasteiger partial charge in [-0.15, -0.1) is 0 Å². The van der Waals surface area contributed by atoms with Crippen LogP contribution in [-0.4, -0.2) is 19.3 Å². The quantitative estimate of drug-likeness (QED) is 0.657. The highest BCUT2D eigenvalue weighted by Crippen LogP contribution is 2.47. The number of phenols is 1. The minimum atomic E-state index is -0.298. The predicted octanol–water partition coefficient (Wildman–Crippen LogP) is 5.47. The fraction of sp³-hybridized carbons (Fsp3) is 0.167. The van der Waals surface area contributed by atoms with Gasteiger partial charge in [0.15, 0.2) is 0 Å². The molecule has 1 atom stereocenters. The topological polar surface area (TPSA) is 47.9 Å². The lowest BCUT2D eigenvalue weighted by molar-refractivity contribution is 0.259. The minimum Gasteiger partial charge on any atom is -0.508 e. The first-order chi connectivity index (χ1) is 13.6. The molecule has 1 aliphatic heterocycles. The summed E-state index contributed by atoms with van der Waals surface area (Å²) >= 11 is 0. The van der Waals surface area contributed by atoms with E-state index in [-0.39, 0.29) is 11.9 Å². The Kier molecular flexibility index (Phi) is 4.70. The third-order valence-electron chi connectivity index (χ3n) is 5.08. The molecule has 0 aliphatic carbocycles. The molecule has 1 heterocycles. The predicted molar refractivity (Wildman–Crippen MR) is 110 cm³/mol. The average molecular weight is 374 g/mol. The Morgan fingerprint density at radius 1 is 0.857 bits per heavy atom. The molecular weight excluding hydrogens is 352 g/mol. The highest BCUT2D eigenvalue weighted by molar-refractivity contribution is 5.95. The van der Waals surface area contributed by atoms with Crippen LogP contribution in [0.4, 0.5) is 0 Å². The Morgan fingerprint density at radius 3 is 2.29 bits per heavy atom. The summed E-state index contributed by atoms with van der Waals surface area (Å²) in [6, 6.07) is 21.0. The number of phenolic OH excluding ortho intramolecular Hbond substituents is 1. The number of hydrogen-bond acceptors (Lipinski definition) is 4. The van der Waals surface area contributed by atoms with Crippen LogP contribution in [0.2, 0.25) is 0 Å². The Bertz CT molecular complexity index is 1030. The third-order valence-corrected chi connectivity index (χ3v) is 5.08. The maximum absolute atomic E-state index is 9.69. The Balaban J connectivity index is 1.93. The van der Waals surface area contributed by atoms with E-state index in [1.807, 2.05) is 48.5 Å². The second-order valence-corrected chi connectivity index (χ2v) is 6.72. The van der Waals surface area contributed by atoms with Crippen molar-refractivity contribution in [2.24, 2.45) is 0 Å². The van der Waals surface area contributed by atoms with Gasteiger partial charge in [0.1, 0.15) is 29.1 Å². The first kappa shape index (κ1) is 18.0. The molecule has 4 heteroatoms. The molecule has 3 aromatic rings. The standard InChI is InChI=1S/C24H22O4/c1-15-21-14-20(27-3)11-12-22(21)28-24(16-7-9-18(25)10-8-16)23(15)17-5-4-6-19(13-17)26-2/h4-14,24-25H,1-3H3. The number of allylic oxidation sites excluding steroid dienone is 1. The van der Waals surface area contributed by atoms with Crippen LogP contribution in [-0.2, 0) is 0 Å². The van der Waals surface area contributed by atoms with E-state index in [4.69, 9.17) is 14.2 Å². The molecule has 0 fully saturated rings. The summed E-state index contributed by atoms with van der Waals surface area (Å²) in [5.74, 6) is 2.62. The van der Waals surface area contributed by atoms with Gasteiger partial charge in [-0.25, -0.2) is 0 Å². The fourth-order valence-corrected chi connectivity index (χ4v) is 3.60. The lowest BCUT2D eigenvalue weighted by atomic mass is 9.86. The van der Waals surface area contributed by atoms with Gasteiger partial charge >= 0.3 is 0 Å². The molecule has 0 saturated heterocycles. The zero-order valence-corrected chi connectivity index (χ0v) is 16.1. The molecule has 4 rings (SSSR count). The summed E-state index contributed by atoms with van der Waals surface area (Å²) in [6.45, 7) is 2.10. The summed E-state index contributed by atoms with van der Waals surface area (Å²) < 4.78 is 17.3. The largest absolute Gasteiger partial charge is 0.508 e. The average Bonchev–Trinajstić information content (AvgIpc) is 2.74. The van der Waals surface area contributed by atoms with E-state index in [0.29, 0.717) is 0 Å². The summed E-state index contributed by atoms with van der Waals surface area (Å²) in [6.07, 6.45) is -0.298. The first-order valence-electron chi connectivity index (χ1n) is 9.10. The van der Waals surface area contributed by atoms with Crippen molar-refractivity contribution in [2.45, 2.75) is 13.0 Å². The van der Waals surface area contributed by atoms with Crippen molar-refractivity contribution in [3.63, 3.8) is 0 Å². The van der Waals surface area contributed by atoms with Gasteiger partial charge in [-0.3, -0.25) is 0 Å². The van der Waals surface area contributed by atoms with Gasteiger partial charge in [0, 0.05) is 11.1 Å². The molecule has 0 spiro atoms. The van der Waals surface area contributed by atoms with Crippen LogP contribution >= 0.6 is 0 Å². The SMILES string of the molecule is COc1cccc(C2=C(C)c3cc(OC)ccc3OC2c2ccc(O)cc2)c1. The Morgan fingerprint density at radius 2 is 1.57 bits per heavy atom. The lowest BCUT2D eigenvalue weighted by Crippen LogP contribution is -2.16. The highest BCUT2D eigenvalue weighted by atomic mass is 16.5. The molecular formula is C24H22O4. The molecule has 1 unspecified atom stereocenters. The highest BCUT2D eigenvalue weighted by Gasteiger charge is 2.29. The second-order valence-electron chi connectivity index (χ2n) is 6.72. The monoisotopic (exact) mass is 374 g/mol. The van der Waals surface area contributed by atoms with Crippen LogP contribution in [0.5, 0.6) is 23.0 Å². The van der Waals surface area contributed by atoms with E-state index < -0.39 is 0 Å². The van der Waals surface area contributed by atoms with Gasteiger partial charge in [-0.1, -0.05) is 24.3 Å². The van der Waals surface area contributed by atoms with Crippen LogP contribution in [0.3, 0.4) is 0 Å². The summed E-state index contributed by atoms with van der Waals surface area (Å²) in [7, 11) is 3.32. The molecule has 28 heavy (non-hydrogen) atoms. The van der Waals surface area contributed by atoms with Crippen molar-refractivity contribution < 1.29 is 19.3 Å². The first-order valence-corrected chi connectivity index (χ1v) is 9.10. The molecule has 0 saturated carbocycles. The van der Waals surface area contributed by atoms with E-state index >= 15 is 0 Å². The van der Waals surface area contributed by atoms with Gasteiger partial charge in [0.25, 0.3) is 0 Å². The number of rotatable bonds is 4. The lowest BCUT2D eigenvalue weighted by Gasteiger charge is -2.31. The van der Waals surface area contributed by atoms with Crippen LogP contribution < -0.4 is 14.2 Å². The van der Waals surface area contributed by atoms with Gasteiger partial charge in [0.2, 0.25) is 0 Å². The molecule has 142 valence electrons. The number of ether oxygens (including phenoxy) is 3. The van der Waals surface area contributed by atoms with Crippen molar-refractivity contribution in [3.8, 4) is 23.0 Å². The molecule has 0 amide bonds. The zero-order valence-electron chi connectivity index (χ0n) is 16.1. The van der Waals surface area contributed by atoms with Crippen molar-refractivity contribution in [1.29, 1.82) is 0 Å². The maximum Gasteiger partial charge on any atom is 0.150 e. The molecule has 0 bridgehead atoms. The van der Waals surface area contributed by atoms with E-state index in [0.717, 1.165) is 45.1 Å². The number of benzene rings is 3. The van der Waals surface area contributed by atoms with E-state index in [2.05, 4.69) is 13.0 Å². The zero-order chi connectivity index (χ0) is 19.7. The number of aromatic hydroxyl groups is 1. The van der Waals surface area contributed by atoms with Crippen molar-refractivity contribution in [2.75, 3.05) is 14.2 Å². The Labute approximate surface area is 164 Å². The van der Waals surface area contributed by atoms with Gasteiger partial charge in [-0.05, 0) is 66.1 Å². The van der Waals surface area contributed by atoms with Gasteiger partial charge in [-0.2, -0.15) is 0 Å². The molecule has 1 aliphatic rings. The molecule has 1 N–H and O–H groups in total. The molecule has 0 aromatic heterocycles. The number of fused-ring (bicyclic) bond motifs is 1. The van der Waals surface area contributed by atoms with Crippen LogP contribution in [0.15, 0.2) is 66.7 Å². The number of methoxy groups -OCH3 is 2. The van der Waals surface area contributed by atoms with Gasteiger partial charge < -0.3 is 19.3 Å². The normalized spacial score (nSPS) is 15.6. The van der Waals surface area contributed by atoms with Crippen molar-refractivity contribution in [3.05, 3.63) is 83.4 Å². The molecule has 4 nitrogen and oxygen atoms in total. The van der Waals surface area contributed by atoms with Crippen LogP contribution in [0.1, 0.15) is 29.7 Å². The smallest absolute Gasteiger partial charge is 0.150 e. The number of hydrogen-bond donors (Lipinski definition) is 1. The molecule has 3 aromatic carbocycles. The van der Waals surface area contributed by atoms with Crippen molar-refractivity contribution >= 4 is 11.1 Å². The van der Waals surface area contributed by atoms with Crippen molar-refractivity contribution in [1.82, 2.24) is 0 Å². The summed E-state index contributed by atoms with van der Waals surface area (Å²) in [4.78, 5) is 0. The van der Waals surface area contributed by atoms with Crippen LogP contribution in [0, 0.1) is 0 Å². The third kappa shape index (κ3) is 3.18. The Hall–Kier alpha value is -3.40. The molecule has 0 radical (unpaired) electrons. The van der Waals surface area contributed by atoms with Crippen LogP contribution in [0.25, 0.3) is 11.1 Å². The van der Waals surface area contributed by atoms with Gasteiger partial charge in [0.05, 0.1) is 14.2 Å². The summed E-state index contributed by atoms with van der Waals surface area (Å²) in [5.41, 5.74) is 5.18. The fourth-order valence-electron chi connectivity index (χ4n) is 3.60. The maximum atomic E-state index is 9.69. The summed E-state index contributed by atoms with van der Waals surface area (Å²) in [5, 5.41) is 9.69. The van der Waals surface area contributed by atoms with E-state index in [9.17, 15) is 5.11 Å². The van der Waals surface area contributed by atoms with E-state index in [1.165, 1.54) is 0 Å². The van der Waals surface area contributed by atoms with E-state index in [1.54, 1.807) is 26.4 Å².